The summed E-state index contributed by atoms with van der Waals surface area (Å²) in [5.41, 5.74) is 3.03. The summed E-state index contributed by atoms with van der Waals surface area (Å²) in [5.74, 6) is 0.859. The third kappa shape index (κ3) is 1.78. The van der Waals surface area contributed by atoms with Gasteiger partial charge in [-0.2, -0.15) is 10.5 Å². The van der Waals surface area contributed by atoms with Crippen molar-refractivity contribution in [2.75, 3.05) is 6.61 Å². The summed E-state index contributed by atoms with van der Waals surface area (Å²) >= 11 is 0. The minimum atomic E-state index is 0.349. The van der Waals surface area contributed by atoms with E-state index in [1.54, 1.807) is 0 Å². The van der Waals surface area contributed by atoms with Gasteiger partial charge >= 0.3 is 0 Å². The van der Waals surface area contributed by atoms with Crippen LogP contribution in [-0.2, 0) is 19.3 Å². The molecule has 1 heterocycles. The monoisotopic (exact) mass is 198 g/mol. The van der Waals surface area contributed by atoms with Gasteiger partial charge in [-0.05, 0) is 11.1 Å². The normalized spacial score (nSPS) is 12.4. The number of hydrogen-bond acceptors (Lipinski definition) is 3. The lowest BCUT2D eigenvalue weighted by molar-refractivity contribution is 0.354. The molecule has 0 fully saturated rings. The molecule has 0 N–H and O–H groups in total. The molecule has 0 radical (unpaired) electrons. The standard InChI is InChI=1S/C12H10N2O/c13-4-1-9-7-10(2-5-14)12-11(8-9)3-6-15-12/h7-8H,1-3,6H2. The maximum atomic E-state index is 8.70. The number of benzene rings is 1. The first-order valence-corrected chi connectivity index (χ1v) is 4.86. The van der Waals surface area contributed by atoms with Crippen LogP contribution >= 0.6 is 0 Å². The maximum Gasteiger partial charge on any atom is 0.126 e. The summed E-state index contributed by atoms with van der Waals surface area (Å²) in [6, 6.07) is 8.15. The van der Waals surface area contributed by atoms with E-state index in [4.69, 9.17) is 15.3 Å². The molecule has 0 aromatic heterocycles. The zero-order chi connectivity index (χ0) is 10.7. The molecular weight excluding hydrogens is 188 g/mol. The molecule has 0 atom stereocenters. The first kappa shape index (κ1) is 9.55. The quantitative estimate of drug-likeness (QED) is 0.727. The van der Waals surface area contributed by atoms with Crippen molar-refractivity contribution in [3.05, 3.63) is 28.8 Å². The zero-order valence-corrected chi connectivity index (χ0v) is 8.29. The van der Waals surface area contributed by atoms with Crippen molar-refractivity contribution in [2.24, 2.45) is 0 Å². The molecule has 74 valence electrons. The topological polar surface area (TPSA) is 56.8 Å². The molecule has 0 spiro atoms. The molecule has 0 aliphatic carbocycles. The highest BCUT2D eigenvalue weighted by atomic mass is 16.5. The van der Waals surface area contributed by atoms with Crippen LogP contribution in [0.15, 0.2) is 12.1 Å². The number of fused-ring (bicyclic) bond motifs is 1. The first-order chi connectivity index (χ1) is 7.35. The SMILES string of the molecule is N#CCc1cc(CC#N)c2c(c1)CCO2. The Morgan fingerprint density at radius 2 is 2.00 bits per heavy atom. The molecular formula is C12H10N2O. The van der Waals surface area contributed by atoms with Gasteiger partial charge in [0.05, 0.1) is 31.6 Å². The summed E-state index contributed by atoms with van der Waals surface area (Å²) in [5, 5.41) is 17.3. The van der Waals surface area contributed by atoms with E-state index in [1.807, 2.05) is 12.1 Å². The molecule has 1 aromatic carbocycles. The number of nitriles is 2. The third-order valence-electron chi connectivity index (χ3n) is 2.47. The molecule has 15 heavy (non-hydrogen) atoms. The molecule has 1 aromatic rings. The van der Waals surface area contributed by atoms with Gasteiger partial charge in [-0.15, -0.1) is 0 Å². The van der Waals surface area contributed by atoms with Crippen LogP contribution in [0.3, 0.4) is 0 Å². The number of rotatable bonds is 2. The lowest BCUT2D eigenvalue weighted by Gasteiger charge is -2.06. The fourth-order valence-electron chi connectivity index (χ4n) is 1.87. The molecule has 0 unspecified atom stereocenters. The highest BCUT2D eigenvalue weighted by Crippen LogP contribution is 2.31. The lowest BCUT2D eigenvalue weighted by Crippen LogP contribution is -1.93. The Kier molecular flexibility index (Phi) is 2.56. The van der Waals surface area contributed by atoms with Gasteiger partial charge in [0, 0.05) is 12.0 Å². The summed E-state index contributed by atoms with van der Waals surface area (Å²) in [6.45, 7) is 0.684. The minimum absolute atomic E-state index is 0.349. The van der Waals surface area contributed by atoms with E-state index < -0.39 is 0 Å². The van der Waals surface area contributed by atoms with Crippen LogP contribution < -0.4 is 4.74 Å². The molecule has 3 nitrogen and oxygen atoms in total. The van der Waals surface area contributed by atoms with Crippen LogP contribution in [0.4, 0.5) is 0 Å². The van der Waals surface area contributed by atoms with E-state index in [0.29, 0.717) is 19.4 Å². The van der Waals surface area contributed by atoms with Crippen molar-refractivity contribution >= 4 is 0 Å². The van der Waals surface area contributed by atoms with E-state index in [1.165, 1.54) is 0 Å². The van der Waals surface area contributed by atoms with Gasteiger partial charge in [0.25, 0.3) is 0 Å². The van der Waals surface area contributed by atoms with Crippen molar-refractivity contribution in [3.8, 4) is 17.9 Å². The largest absolute Gasteiger partial charge is 0.493 e. The first-order valence-electron chi connectivity index (χ1n) is 4.86. The van der Waals surface area contributed by atoms with Gasteiger partial charge in [0.2, 0.25) is 0 Å². The smallest absolute Gasteiger partial charge is 0.126 e. The average Bonchev–Trinajstić information content (AvgIpc) is 2.67. The Balaban J connectivity index is 2.44. The highest BCUT2D eigenvalue weighted by Gasteiger charge is 2.17. The van der Waals surface area contributed by atoms with Gasteiger partial charge in [-0.25, -0.2) is 0 Å². The van der Waals surface area contributed by atoms with Gasteiger partial charge in [-0.1, -0.05) is 12.1 Å². The van der Waals surface area contributed by atoms with Crippen LogP contribution in [0.5, 0.6) is 5.75 Å². The molecule has 0 saturated heterocycles. The second kappa shape index (κ2) is 4.02. The second-order valence-corrected chi connectivity index (χ2v) is 3.51. The van der Waals surface area contributed by atoms with Gasteiger partial charge in [0.15, 0.2) is 0 Å². The Hall–Kier alpha value is -2.00. The van der Waals surface area contributed by atoms with Gasteiger partial charge in [0.1, 0.15) is 5.75 Å². The van der Waals surface area contributed by atoms with E-state index >= 15 is 0 Å². The summed E-state index contributed by atoms with van der Waals surface area (Å²) in [4.78, 5) is 0. The van der Waals surface area contributed by atoms with Crippen LogP contribution in [-0.4, -0.2) is 6.61 Å². The lowest BCUT2D eigenvalue weighted by atomic mass is 10.0. The van der Waals surface area contributed by atoms with Crippen molar-refractivity contribution in [3.63, 3.8) is 0 Å². The Morgan fingerprint density at radius 3 is 2.73 bits per heavy atom. The molecule has 1 aliphatic heterocycles. The van der Waals surface area contributed by atoms with Crippen LogP contribution in [0.25, 0.3) is 0 Å². The van der Waals surface area contributed by atoms with E-state index in [0.717, 1.165) is 28.9 Å². The second-order valence-electron chi connectivity index (χ2n) is 3.51. The third-order valence-corrected chi connectivity index (χ3v) is 2.47. The fraction of sp³-hybridized carbons (Fsp3) is 0.333. The molecule has 2 rings (SSSR count). The van der Waals surface area contributed by atoms with Crippen molar-refractivity contribution < 1.29 is 4.74 Å². The van der Waals surface area contributed by atoms with Crippen molar-refractivity contribution in [1.82, 2.24) is 0 Å². The van der Waals surface area contributed by atoms with Crippen molar-refractivity contribution in [2.45, 2.75) is 19.3 Å². The summed E-state index contributed by atoms with van der Waals surface area (Å²) in [6.07, 6.45) is 1.63. The highest BCUT2D eigenvalue weighted by molar-refractivity contribution is 5.48. The summed E-state index contributed by atoms with van der Waals surface area (Å²) in [7, 11) is 0. The predicted octanol–water partition coefficient (Wildman–Crippen LogP) is 1.75. The number of nitrogens with zero attached hydrogens (tertiary/aromatic N) is 2. The summed E-state index contributed by atoms with van der Waals surface area (Å²) < 4.78 is 5.48. The predicted molar refractivity (Wildman–Crippen MR) is 54.3 cm³/mol. The fourth-order valence-corrected chi connectivity index (χ4v) is 1.87. The van der Waals surface area contributed by atoms with E-state index in [9.17, 15) is 0 Å². The van der Waals surface area contributed by atoms with Crippen LogP contribution in [0, 0.1) is 22.7 Å². The van der Waals surface area contributed by atoms with E-state index in [-0.39, 0.29) is 0 Å². The van der Waals surface area contributed by atoms with Crippen molar-refractivity contribution in [1.29, 1.82) is 10.5 Å². The maximum absolute atomic E-state index is 8.70. The van der Waals surface area contributed by atoms with Crippen LogP contribution in [0.1, 0.15) is 16.7 Å². The average molecular weight is 198 g/mol. The Morgan fingerprint density at radius 1 is 1.20 bits per heavy atom. The number of hydrogen-bond donors (Lipinski definition) is 0. The van der Waals surface area contributed by atoms with Gasteiger partial charge < -0.3 is 4.74 Å². The molecule has 1 aliphatic rings. The minimum Gasteiger partial charge on any atom is -0.493 e. The zero-order valence-electron chi connectivity index (χ0n) is 8.29. The Labute approximate surface area is 88.5 Å². The molecule has 0 saturated carbocycles. The molecule has 0 amide bonds. The van der Waals surface area contributed by atoms with Crippen LogP contribution in [0.2, 0.25) is 0 Å². The number of ether oxygens (including phenoxy) is 1. The van der Waals surface area contributed by atoms with Gasteiger partial charge in [-0.3, -0.25) is 0 Å². The molecule has 0 bridgehead atoms. The van der Waals surface area contributed by atoms with E-state index in [2.05, 4.69) is 12.1 Å². The Bertz CT molecular complexity index is 466. The molecule has 3 heteroatoms.